The van der Waals surface area contributed by atoms with E-state index in [0.29, 0.717) is 11.5 Å². The Morgan fingerprint density at radius 3 is 2.69 bits per heavy atom. The second-order valence-corrected chi connectivity index (χ2v) is 3.52. The summed E-state index contributed by atoms with van der Waals surface area (Å²) in [6.07, 6.45) is 4.18. The Kier molecular flexibility index (Phi) is 2.13. The lowest BCUT2D eigenvalue weighted by Crippen LogP contribution is -2.11. The molecule has 0 aromatic heterocycles. The first-order chi connectivity index (χ1) is 6.31. The normalized spacial score (nSPS) is 16.7. The van der Waals surface area contributed by atoms with E-state index in [1.165, 1.54) is 18.6 Å². The van der Waals surface area contributed by atoms with Crippen molar-refractivity contribution in [3.05, 3.63) is 35.1 Å². The molecule has 0 saturated heterocycles. The van der Waals surface area contributed by atoms with Crippen LogP contribution in [0.2, 0.25) is 0 Å². The lowest BCUT2D eigenvalue weighted by atomic mass is 9.78. The van der Waals surface area contributed by atoms with Gasteiger partial charge in [-0.3, -0.25) is 4.79 Å². The largest absolute Gasteiger partial charge is 0.298 e. The summed E-state index contributed by atoms with van der Waals surface area (Å²) in [4.78, 5) is 10.7. The Bertz CT molecular complexity index is 329. The highest BCUT2D eigenvalue weighted by Crippen LogP contribution is 2.37. The van der Waals surface area contributed by atoms with Gasteiger partial charge in [0.05, 0.1) is 0 Å². The molecule has 0 N–H and O–H groups in total. The minimum absolute atomic E-state index is 0.243. The Hall–Kier alpha value is -1.18. The predicted molar refractivity (Wildman–Crippen MR) is 48.4 cm³/mol. The van der Waals surface area contributed by atoms with Gasteiger partial charge in [-0.15, -0.1) is 0 Å². The van der Waals surface area contributed by atoms with Crippen molar-refractivity contribution in [1.82, 2.24) is 0 Å². The smallest absolute Gasteiger partial charge is 0.150 e. The lowest BCUT2D eigenvalue weighted by molar-refractivity contribution is 0.112. The summed E-state index contributed by atoms with van der Waals surface area (Å²) in [5.41, 5.74) is 1.53. The van der Waals surface area contributed by atoms with Crippen molar-refractivity contribution in [2.24, 2.45) is 0 Å². The molecular formula is C11H11FO. The molecule has 1 aliphatic rings. The maximum Gasteiger partial charge on any atom is 0.150 e. The molecule has 1 saturated carbocycles. The van der Waals surface area contributed by atoms with Gasteiger partial charge >= 0.3 is 0 Å². The predicted octanol–water partition coefficient (Wildman–Crippen LogP) is 2.91. The maximum absolute atomic E-state index is 12.9. The van der Waals surface area contributed by atoms with Crippen LogP contribution in [0.25, 0.3) is 0 Å². The Morgan fingerprint density at radius 2 is 2.15 bits per heavy atom. The van der Waals surface area contributed by atoms with Crippen molar-refractivity contribution < 1.29 is 9.18 Å². The van der Waals surface area contributed by atoms with Crippen molar-refractivity contribution in [2.75, 3.05) is 0 Å². The van der Waals surface area contributed by atoms with Crippen molar-refractivity contribution in [2.45, 2.75) is 25.2 Å². The summed E-state index contributed by atoms with van der Waals surface area (Å²) in [5, 5.41) is 0. The Balaban J connectivity index is 2.39. The molecule has 0 unspecified atom stereocenters. The monoisotopic (exact) mass is 178 g/mol. The topological polar surface area (TPSA) is 17.1 Å². The summed E-state index contributed by atoms with van der Waals surface area (Å²) in [7, 11) is 0. The zero-order chi connectivity index (χ0) is 9.26. The SMILES string of the molecule is O=Cc1ccc(F)cc1C1CCC1. The maximum atomic E-state index is 12.9. The third-order valence-corrected chi connectivity index (χ3v) is 2.72. The first-order valence-corrected chi connectivity index (χ1v) is 4.56. The van der Waals surface area contributed by atoms with Gasteiger partial charge in [-0.1, -0.05) is 6.42 Å². The Labute approximate surface area is 76.6 Å². The van der Waals surface area contributed by atoms with Gasteiger partial charge in [0.1, 0.15) is 12.1 Å². The third kappa shape index (κ3) is 1.48. The van der Waals surface area contributed by atoms with Crippen molar-refractivity contribution in [3.63, 3.8) is 0 Å². The summed E-state index contributed by atoms with van der Waals surface area (Å²) in [5.74, 6) is 0.170. The van der Waals surface area contributed by atoms with Crippen LogP contribution in [0, 0.1) is 5.82 Å². The van der Waals surface area contributed by atoms with Gasteiger partial charge in [-0.25, -0.2) is 4.39 Å². The lowest BCUT2D eigenvalue weighted by Gasteiger charge is -2.26. The van der Waals surface area contributed by atoms with Crippen LogP contribution in [0.15, 0.2) is 18.2 Å². The molecule has 0 spiro atoms. The van der Waals surface area contributed by atoms with Crippen LogP contribution in [-0.2, 0) is 0 Å². The van der Waals surface area contributed by atoms with Gasteiger partial charge < -0.3 is 0 Å². The number of hydrogen-bond acceptors (Lipinski definition) is 1. The highest BCUT2D eigenvalue weighted by Gasteiger charge is 2.22. The molecule has 68 valence electrons. The summed E-state index contributed by atoms with van der Waals surface area (Å²) in [6.45, 7) is 0. The molecule has 0 amide bonds. The molecule has 1 aliphatic carbocycles. The van der Waals surface area contributed by atoms with Gasteiger partial charge in [0, 0.05) is 5.56 Å². The minimum atomic E-state index is -0.243. The van der Waals surface area contributed by atoms with E-state index in [4.69, 9.17) is 0 Å². The number of carbonyl (C=O) groups excluding carboxylic acids is 1. The van der Waals surface area contributed by atoms with E-state index in [1.807, 2.05) is 0 Å². The van der Waals surface area contributed by atoms with Crippen LogP contribution in [0.3, 0.4) is 0 Å². The number of hydrogen-bond donors (Lipinski definition) is 0. The van der Waals surface area contributed by atoms with Gasteiger partial charge in [-0.05, 0) is 42.5 Å². The van der Waals surface area contributed by atoms with Crippen LogP contribution < -0.4 is 0 Å². The fraction of sp³-hybridized carbons (Fsp3) is 0.364. The first kappa shape index (κ1) is 8.42. The highest BCUT2D eigenvalue weighted by molar-refractivity contribution is 5.77. The van der Waals surface area contributed by atoms with Crippen LogP contribution >= 0.6 is 0 Å². The van der Waals surface area contributed by atoms with E-state index in [-0.39, 0.29) is 5.82 Å². The number of halogens is 1. The highest BCUT2D eigenvalue weighted by atomic mass is 19.1. The molecular weight excluding hydrogens is 167 g/mol. The van der Waals surface area contributed by atoms with Crippen molar-refractivity contribution in [3.8, 4) is 0 Å². The zero-order valence-corrected chi connectivity index (χ0v) is 7.29. The van der Waals surface area contributed by atoms with Crippen LogP contribution in [0.5, 0.6) is 0 Å². The van der Waals surface area contributed by atoms with Crippen molar-refractivity contribution >= 4 is 6.29 Å². The number of rotatable bonds is 2. The molecule has 0 aliphatic heterocycles. The van der Waals surface area contributed by atoms with Gasteiger partial charge in [0.2, 0.25) is 0 Å². The molecule has 0 heterocycles. The quantitative estimate of drug-likeness (QED) is 0.636. The van der Waals surface area contributed by atoms with E-state index in [9.17, 15) is 9.18 Å². The minimum Gasteiger partial charge on any atom is -0.298 e. The molecule has 2 rings (SSSR count). The van der Waals surface area contributed by atoms with Crippen LogP contribution in [-0.4, -0.2) is 6.29 Å². The summed E-state index contributed by atoms with van der Waals surface area (Å²) >= 11 is 0. The zero-order valence-electron chi connectivity index (χ0n) is 7.29. The summed E-state index contributed by atoms with van der Waals surface area (Å²) in [6, 6.07) is 4.40. The molecule has 0 atom stereocenters. The molecule has 0 radical (unpaired) electrons. The fourth-order valence-electron chi connectivity index (χ4n) is 1.73. The molecule has 1 fully saturated rings. The number of aldehydes is 1. The van der Waals surface area contributed by atoms with E-state index >= 15 is 0 Å². The third-order valence-electron chi connectivity index (χ3n) is 2.72. The number of carbonyl (C=O) groups is 1. The van der Waals surface area contributed by atoms with Crippen molar-refractivity contribution in [1.29, 1.82) is 0 Å². The van der Waals surface area contributed by atoms with E-state index in [1.54, 1.807) is 6.07 Å². The number of benzene rings is 1. The van der Waals surface area contributed by atoms with Crippen LogP contribution in [0.4, 0.5) is 4.39 Å². The summed E-state index contributed by atoms with van der Waals surface area (Å²) < 4.78 is 12.9. The standard InChI is InChI=1S/C11H11FO/c12-10-5-4-9(7-13)11(6-10)8-2-1-3-8/h4-8H,1-3H2. The average molecular weight is 178 g/mol. The first-order valence-electron chi connectivity index (χ1n) is 4.56. The molecule has 0 bridgehead atoms. The van der Waals surface area contributed by atoms with E-state index in [2.05, 4.69) is 0 Å². The molecule has 2 heteroatoms. The molecule has 1 nitrogen and oxygen atoms in total. The molecule has 13 heavy (non-hydrogen) atoms. The van der Waals surface area contributed by atoms with Gasteiger partial charge in [-0.2, -0.15) is 0 Å². The molecule has 1 aromatic rings. The fourth-order valence-corrected chi connectivity index (χ4v) is 1.73. The van der Waals surface area contributed by atoms with E-state index in [0.717, 1.165) is 24.7 Å². The molecule has 1 aromatic carbocycles. The Morgan fingerprint density at radius 1 is 1.38 bits per heavy atom. The van der Waals surface area contributed by atoms with E-state index < -0.39 is 0 Å². The second-order valence-electron chi connectivity index (χ2n) is 3.52. The van der Waals surface area contributed by atoms with Gasteiger partial charge in [0.15, 0.2) is 0 Å². The second kappa shape index (κ2) is 3.29. The van der Waals surface area contributed by atoms with Crippen LogP contribution in [0.1, 0.15) is 41.1 Å². The average Bonchev–Trinajstić information content (AvgIpc) is 2.02. The van der Waals surface area contributed by atoms with Gasteiger partial charge in [0.25, 0.3) is 0 Å².